The van der Waals surface area contributed by atoms with Gasteiger partial charge in [0, 0.05) is 6.54 Å². The minimum absolute atomic E-state index is 0.462. The van der Waals surface area contributed by atoms with Crippen LogP contribution in [0.15, 0.2) is 30.3 Å². The molecule has 0 aromatic heterocycles. The molecule has 0 fully saturated rings. The van der Waals surface area contributed by atoms with Gasteiger partial charge in [-0.05, 0) is 17.9 Å². The number of amides is 1. The van der Waals surface area contributed by atoms with Crippen LogP contribution in [0, 0.1) is 5.92 Å². The summed E-state index contributed by atoms with van der Waals surface area (Å²) in [6.45, 7) is 2.80. The van der Waals surface area contributed by atoms with Gasteiger partial charge in [-0.2, -0.15) is 0 Å². The van der Waals surface area contributed by atoms with Crippen LogP contribution in [-0.4, -0.2) is 13.0 Å². The molecule has 0 bridgehead atoms. The minimum Gasteiger partial charge on any atom is -0.348 e. The molecule has 1 unspecified atom stereocenters. The van der Waals surface area contributed by atoms with Crippen molar-refractivity contribution in [1.29, 1.82) is 0 Å². The van der Waals surface area contributed by atoms with Crippen molar-refractivity contribution in [2.24, 2.45) is 5.92 Å². The first kappa shape index (κ1) is 9.78. The van der Waals surface area contributed by atoms with Crippen LogP contribution >= 0.6 is 0 Å². The lowest BCUT2D eigenvalue weighted by Gasteiger charge is -2.09. The quantitative estimate of drug-likeness (QED) is 0.677. The van der Waals surface area contributed by atoms with E-state index in [1.165, 1.54) is 5.56 Å². The Labute approximate surface area is 79.0 Å². The second kappa shape index (κ2) is 5.36. The maximum atomic E-state index is 9.93. The van der Waals surface area contributed by atoms with E-state index >= 15 is 0 Å². The SMILES string of the molecule is CC(CN[C]=O)Cc1ccccc1. The largest absolute Gasteiger partial charge is 0.348 e. The third-order valence-electron chi connectivity index (χ3n) is 1.95. The van der Waals surface area contributed by atoms with E-state index in [-0.39, 0.29) is 0 Å². The summed E-state index contributed by atoms with van der Waals surface area (Å²) < 4.78 is 0. The number of carbonyl (C=O) groups excluding carboxylic acids is 1. The number of hydrogen-bond donors (Lipinski definition) is 1. The van der Waals surface area contributed by atoms with E-state index in [0.29, 0.717) is 12.5 Å². The van der Waals surface area contributed by atoms with Gasteiger partial charge in [0.25, 0.3) is 0 Å². The van der Waals surface area contributed by atoms with E-state index < -0.39 is 0 Å². The number of benzene rings is 1. The van der Waals surface area contributed by atoms with Crippen molar-refractivity contribution < 1.29 is 4.79 Å². The molecule has 2 heteroatoms. The van der Waals surface area contributed by atoms with Gasteiger partial charge in [0.15, 0.2) is 0 Å². The molecule has 2 nitrogen and oxygen atoms in total. The first-order chi connectivity index (χ1) is 6.33. The Bertz CT molecular complexity index is 246. The Hall–Kier alpha value is -1.31. The highest BCUT2D eigenvalue weighted by molar-refractivity contribution is 5.46. The van der Waals surface area contributed by atoms with E-state index in [9.17, 15) is 4.79 Å². The summed E-state index contributed by atoms with van der Waals surface area (Å²) in [5.41, 5.74) is 1.31. The fourth-order valence-corrected chi connectivity index (χ4v) is 1.30. The maximum absolute atomic E-state index is 9.93. The van der Waals surface area contributed by atoms with E-state index in [2.05, 4.69) is 24.4 Å². The van der Waals surface area contributed by atoms with Gasteiger partial charge < -0.3 is 5.32 Å². The highest BCUT2D eigenvalue weighted by atomic mass is 16.1. The number of nitrogens with one attached hydrogen (secondary N) is 1. The zero-order chi connectivity index (χ0) is 9.52. The summed E-state index contributed by atoms with van der Waals surface area (Å²) in [6.07, 6.45) is 2.68. The second-order valence-corrected chi connectivity index (χ2v) is 3.28. The molecule has 0 heterocycles. The average molecular weight is 176 g/mol. The molecule has 0 aliphatic rings. The minimum atomic E-state index is 0.462. The number of rotatable bonds is 5. The van der Waals surface area contributed by atoms with Crippen molar-refractivity contribution in [3.63, 3.8) is 0 Å². The van der Waals surface area contributed by atoms with Gasteiger partial charge in [0.05, 0.1) is 0 Å². The predicted octanol–water partition coefficient (Wildman–Crippen LogP) is 1.52. The summed E-state index contributed by atoms with van der Waals surface area (Å²) in [6, 6.07) is 10.3. The van der Waals surface area contributed by atoms with Crippen LogP contribution in [0.4, 0.5) is 0 Å². The van der Waals surface area contributed by atoms with E-state index in [4.69, 9.17) is 0 Å². The summed E-state index contributed by atoms with van der Waals surface area (Å²) >= 11 is 0. The summed E-state index contributed by atoms with van der Waals surface area (Å²) in [5, 5.41) is 2.56. The summed E-state index contributed by atoms with van der Waals surface area (Å²) in [7, 11) is 0. The molecule has 69 valence electrons. The summed E-state index contributed by atoms with van der Waals surface area (Å²) in [4.78, 5) is 9.93. The smallest absolute Gasteiger partial charge is 0.309 e. The molecule has 0 aliphatic heterocycles. The molecular formula is C11H14NO. The van der Waals surface area contributed by atoms with Crippen LogP contribution in [0.1, 0.15) is 12.5 Å². The van der Waals surface area contributed by atoms with Crippen molar-refractivity contribution in [2.45, 2.75) is 13.3 Å². The Morgan fingerprint density at radius 2 is 2.08 bits per heavy atom. The molecule has 1 amide bonds. The molecule has 1 aromatic rings. The van der Waals surface area contributed by atoms with Crippen molar-refractivity contribution >= 4 is 6.41 Å². The van der Waals surface area contributed by atoms with Crippen molar-refractivity contribution in [2.75, 3.05) is 6.54 Å². The van der Waals surface area contributed by atoms with Crippen LogP contribution in [0.3, 0.4) is 0 Å². The molecule has 0 spiro atoms. The zero-order valence-corrected chi connectivity index (χ0v) is 7.79. The molecular weight excluding hydrogens is 162 g/mol. The van der Waals surface area contributed by atoms with E-state index in [1.807, 2.05) is 18.2 Å². The van der Waals surface area contributed by atoms with Gasteiger partial charge >= 0.3 is 6.41 Å². The van der Waals surface area contributed by atoms with Gasteiger partial charge in [-0.25, -0.2) is 0 Å². The monoisotopic (exact) mass is 176 g/mol. The highest BCUT2D eigenvalue weighted by Gasteiger charge is 2.01. The lowest BCUT2D eigenvalue weighted by molar-refractivity contribution is 0.513. The third kappa shape index (κ3) is 3.74. The lowest BCUT2D eigenvalue weighted by atomic mass is 10.0. The Kier molecular flexibility index (Phi) is 4.03. The maximum Gasteiger partial charge on any atom is 0.309 e. The van der Waals surface area contributed by atoms with Crippen molar-refractivity contribution in [1.82, 2.24) is 5.32 Å². The van der Waals surface area contributed by atoms with Crippen LogP contribution < -0.4 is 5.32 Å². The molecule has 0 aliphatic carbocycles. The molecule has 0 saturated carbocycles. The van der Waals surface area contributed by atoms with E-state index in [0.717, 1.165) is 6.42 Å². The van der Waals surface area contributed by atoms with Crippen LogP contribution in [0.25, 0.3) is 0 Å². The normalized spacial score (nSPS) is 12.1. The van der Waals surface area contributed by atoms with Gasteiger partial charge in [-0.3, -0.25) is 4.79 Å². The van der Waals surface area contributed by atoms with Crippen molar-refractivity contribution in [3.8, 4) is 0 Å². The summed E-state index contributed by atoms with van der Waals surface area (Å²) in [5.74, 6) is 0.462. The Morgan fingerprint density at radius 3 is 2.69 bits per heavy atom. The second-order valence-electron chi connectivity index (χ2n) is 3.28. The number of hydrogen-bond acceptors (Lipinski definition) is 1. The lowest BCUT2D eigenvalue weighted by Crippen LogP contribution is -2.20. The van der Waals surface area contributed by atoms with E-state index in [1.54, 1.807) is 6.41 Å². The van der Waals surface area contributed by atoms with Gasteiger partial charge in [-0.1, -0.05) is 37.3 Å². The highest BCUT2D eigenvalue weighted by Crippen LogP contribution is 2.06. The molecule has 1 radical (unpaired) electrons. The average Bonchev–Trinajstić information content (AvgIpc) is 2.16. The fraction of sp³-hybridized carbons (Fsp3) is 0.364. The molecule has 13 heavy (non-hydrogen) atoms. The standard InChI is InChI=1S/C11H14NO/c1-10(8-12-9-13)7-11-5-3-2-4-6-11/h2-6,10H,7-8H2,1H3,(H,12,13). The Balaban J connectivity index is 2.36. The molecule has 1 atom stereocenters. The van der Waals surface area contributed by atoms with Crippen molar-refractivity contribution in [3.05, 3.63) is 35.9 Å². The molecule has 1 rings (SSSR count). The fourth-order valence-electron chi connectivity index (χ4n) is 1.30. The molecule has 0 saturated heterocycles. The van der Waals surface area contributed by atoms with Crippen LogP contribution in [-0.2, 0) is 11.2 Å². The van der Waals surface area contributed by atoms with Gasteiger partial charge in [0.2, 0.25) is 0 Å². The van der Waals surface area contributed by atoms with Gasteiger partial charge in [-0.15, -0.1) is 0 Å². The zero-order valence-electron chi connectivity index (χ0n) is 7.79. The molecule has 1 N–H and O–H groups in total. The third-order valence-corrected chi connectivity index (χ3v) is 1.95. The Morgan fingerprint density at radius 1 is 1.38 bits per heavy atom. The topological polar surface area (TPSA) is 29.1 Å². The first-order valence-corrected chi connectivity index (χ1v) is 4.47. The van der Waals surface area contributed by atoms with Crippen LogP contribution in [0.2, 0.25) is 0 Å². The van der Waals surface area contributed by atoms with Crippen LogP contribution in [0.5, 0.6) is 0 Å². The first-order valence-electron chi connectivity index (χ1n) is 4.47. The predicted molar refractivity (Wildman–Crippen MR) is 53.0 cm³/mol. The van der Waals surface area contributed by atoms with Gasteiger partial charge in [0.1, 0.15) is 0 Å². The molecule has 1 aromatic carbocycles.